The van der Waals surface area contributed by atoms with Crippen molar-refractivity contribution in [2.75, 3.05) is 18.1 Å². The van der Waals surface area contributed by atoms with Crippen LogP contribution in [0.15, 0.2) is 0 Å². The lowest BCUT2D eigenvalue weighted by Gasteiger charge is -2.27. The average Bonchev–Trinajstić information content (AvgIpc) is 2.90. The molecule has 0 heterocycles. The number of imide groups is 1. The second-order valence-electron chi connectivity index (χ2n) is 10.5. The molecule has 3 N–H and O–H groups in total. The van der Waals surface area contributed by atoms with Gasteiger partial charge in [-0.25, -0.2) is 4.79 Å². The van der Waals surface area contributed by atoms with Crippen LogP contribution in [0.25, 0.3) is 0 Å². The fraction of sp³-hybridized carbons (Fsp3) is 0.900. The minimum Gasteiger partial charge on any atom is -0.480 e. The number of hydrogen-bond donors (Lipinski definition) is 3. The molecule has 0 aliphatic heterocycles. The number of aliphatic hydroxyl groups excluding tert-OH is 2. The lowest BCUT2D eigenvalue weighted by atomic mass is 10.0. The Bertz CT molecular complexity index is 569. The molecule has 0 bridgehead atoms. The summed E-state index contributed by atoms with van der Waals surface area (Å²) in [5.74, 6) is -1.89. The molecule has 0 aromatic carbocycles. The molecule has 0 saturated carbocycles. The van der Waals surface area contributed by atoms with Crippen molar-refractivity contribution >= 4 is 29.5 Å². The summed E-state index contributed by atoms with van der Waals surface area (Å²) in [6, 6.07) is -1.26. The smallest absolute Gasteiger partial charge is 0.327 e. The fourth-order valence-electron chi connectivity index (χ4n) is 4.53. The maximum Gasteiger partial charge on any atom is 0.327 e. The van der Waals surface area contributed by atoms with Gasteiger partial charge in [0, 0.05) is 24.3 Å². The second-order valence-corrected chi connectivity index (χ2v) is 11.6. The van der Waals surface area contributed by atoms with Crippen molar-refractivity contribution in [2.45, 2.75) is 154 Å². The predicted molar refractivity (Wildman–Crippen MR) is 157 cm³/mol. The molecule has 8 heteroatoms. The Kier molecular flexibility index (Phi) is 25.4. The first-order chi connectivity index (χ1) is 18.4. The van der Waals surface area contributed by atoms with E-state index in [-0.39, 0.29) is 24.3 Å². The van der Waals surface area contributed by atoms with Gasteiger partial charge in [-0.3, -0.25) is 14.5 Å². The lowest BCUT2D eigenvalue weighted by Crippen LogP contribution is -2.50. The molecule has 0 fully saturated rings. The van der Waals surface area contributed by atoms with Crippen LogP contribution in [0.3, 0.4) is 0 Å². The van der Waals surface area contributed by atoms with Gasteiger partial charge in [-0.05, 0) is 12.8 Å². The van der Waals surface area contributed by atoms with E-state index in [2.05, 4.69) is 13.8 Å². The summed E-state index contributed by atoms with van der Waals surface area (Å²) >= 11 is 1.13. The maximum atomic E-state index is 13.1. The van der Waals surface area contributed by atoms with E-state index in [1.807, 2.05) is 0 Å². The second kappa shape index (κ2) is 26.1. The number of carboxylic acids is 1. The zero-order valence-electron chi connectivity index (χ0n) is 24.3. The minimum atomic E-state index is -1.26. The Morgan fingerprint density at radius 1 is 0.632 bits per heavy atom. The van der Waals surface area contributed by atoms with Crippen molar-refractivity contribution < 1.29 is 29.7 Å². The molecule has 0 aromatic rings. The molecule has 0 aliphatic carbocycles. The number of carbonyl (C=O) groups excluding carboxylic acids is 2. The van der Waals surface area contributed by atoms with E-state index in [0.29, 0.717) is 12.8 Å². The first-order valence-electron chi connectivity index (χ1n) is 15.3. The van der Waals surface area contributed by atoms with E-state index >= 15 is 0 Å². The molecular formula is C30H57NO6S. The van der Waals surface area contributed by atoms with Gasteiger partial charge in [0.05, 0.1) is 12.7 Å². The van der Waals surface area contributed by atoms with Gasteiger partial charge in [0.25, 0.3) is 0 Å². The summed E-state index contributed by atoms with van der Waals surface area (Å²) in [5, 5.41) is 28.5. The number of amides is 2. The van der Waals surface area contributed by atoms with Gasteiger partial charge in [0.1, 0.15) is 6.04 Å². The van der Waals surface area contributed by atoms with Crippen molar-refractivity contribution in [2.24, 2.45) is 0 Å². The largest absolute Gasteiger partial charge is 0.480 e. The van der Waals surface area contributed by atoms with Crippen molar-refractivity contribution in [1.82, 2.24) is 4.90 Å². The maximum absolute atomic E-state index is 13.1. The number of carboxylic acid groups (broad SMARTS) is 1. The monoisotopic (exact) mass is 559 g/mol. The third-order valence-corrected chi connectivity index (χ3v) is 8.09. The zero-order chi connectivity index (χ0) is 28.4. The molecule has 0 radical (unpaired) electrons. The van der Waals surface area contributed by atoms with Crippen molar-refractivity contribution in [3.05, 3.63) is 0 Å². The molecule has 38 heavy (non-hydrogen) atoms. The topological polar surface area (TPSA) is 115 Å². The Morgan fingerprint density at radius 2 is 1.00 bits per heavy atom. The molecule has 0 saturated heterocycles. The van der Waals surface area contributed by atoms with Crippen LogP contribution in [0, 0.1) is 0 Å². The quantitative estimate of drug-likeness (QED) is 0.0957. The number of carbonyl (C=O) groups is 3. The van der Waals surface area contributed by atoms with Crippen molar-refractivity contribution in [3.63, 3.8) is 0 Å². The Morgan fingerprint density at radius 3 is 1.34 bits per heavy atom. The van der Waals surface area contributed by atoms with Crippen LogP contribution in [0.2, 0.25) is 0 Å². The van der Waals surface area contributed by atoms with E-state index in [0.717, 1.165) is 55.2 Å². The highest BCUT2D eigenvalue weighted by molar-refractivity contribution is 7.99. The summed E-state index contributed by atoms with van der Waals surface area (Å²) < 4.78 is 0. The Hall–Kier alpha value is -1.12. The van der Waals surface area contributed by atoms with Crippen LogP contribution in [0.5, 0.6) is 0 Å². The van der Waals surface area contributed by atoms with Gasteiger partial charge in [-0.15, -0.1) is 0 Å². The zero-order valence-corrected chi connectivity index (χ0v) is 25.2. The Balaban J connectivity index is 4.77. The third-order valence-electron chi connectivity index (χ3n) is 6.92. The van der Waals surface area contributed by atoms with Gasteiger partial charge >= 0.3 is 5.97 Å². The summed E-state index contributed by atoms with van der Waals surface area (Å²) in [6.45, 7) is 3.99. The molecule has 1 unspecified atom stereocenters. The van der Waals surface area contributed by atoms with Crippen LogP contribution in [-0.2, 0) is 14.4 Å². The molecule has 2 atom stereocenters. The SMILES string of the molecule is CCCCCCCCCCCC(=O)N(C(=O)CCCCCCCCCCC)[C@@H](CSCC(O)CO)C(=O)O. The number of nitrogens with zero attached hydrogens (tertiary/aromatic N) is 1. The van der Waals surface area contributed by atoms with E-state index in [9.17, 15) is 24.6 Å². The molecular weight excluding hydrogens is 502 g/mol. The van der Waals surface area contributed by atoms with Crippen LogP contribution in [-0.4, -0.2) is 68.3 Å². The summed E-state index contributed by atoms with van der Waals surface area (Å²) in [5.41, 5.74) is 0. The molecule has 0 spiro atoms. The van der Waals surface area contributed by atoms with Gasteiger partial charge in [-0.2, -0.15) is 11.8 Å². The summed E-state index contributed by atoms with van der Waals surface area (Å²) in [4.78, 5) is 39.2. The highest BCUT2D eigenvalue weighted by Gasteiger charge is 2.34. The van der Waals surface area contributed by atoms with Crippen molar-refractivity contribution in [1.29, 1.82) is 0 Å². The fourth-order valence-corrected chi connectivity index (χ4v) is 5.55. The standard InChI is InChI=1S/C30H57NO6S/c1-3-5-7-9-11-13-15-17-19-21-28(34)31(27(30(36)37)25-38-24-26(33)23-32)29(35)22-20-18-16-14-12-10-8-6-4-2/h26-27,32-33H,3-25H2,1-2H3,(H,36,37)/t26?,27-/m0/s1. The highest BCUT2D eigenvalue weighted by atomic mass is 32.2. The van der Waals surface area contributed by atoms with Crippen LogP contribution >= 0.6 is 11.8 Å². The van der Waals surface area contributed by atoms with E-state index in [4.69, 9.17) is 5.11 Å². The van der Waals surface area contributed by atoms with Crippen LogP contribution in [0.4, 0.5) is 0 Å². The summed E-state index contributed by atoms with van der Waals surface area (Å²) in [7, 11) is 0. The third kappa shape index (κ3) is 19.9. The molecule has 2 amide bonds. The van der Waals surface area contributed by atoms with E-state index < -0.39 is 36.5 Å². The molecule has 0 rings (SSSR count). The number of thioether (sulfide) groups is 1. The first-order valence-corrected chi connectivity index (χ1v) is 16.5. The number of hydrogen-bond acceptors (Lipinski definition) is 6. The van der Waals surface area contributed by atoms with E-state index in [1.54, 1.807) is 0 Å². The van der Waals surface area contributed by atoms with Gasteiger partial charge in [0.2, 0.25) is 11.8 Å². The van der Waals surface area contributed by atoms with Gasteiger partial charge < -0.3 is 15.3 Å². The highest BCUT2D eigenvalue weighted by Crippen LogP contribution is 2.18. The minimum absolute atomic E-state index is 0.000602. The predicted octanol–water partition coefficient (Wildman–Crippen LogP) is 6.72. The number of unbranched alkanes of at least 4 members (excludes halogenated alkanes) is 16. The average molecular weight is 560 g/mol. The van der Waals surface area contributed by atoms with E-state index in [1.165, 1.54) is 64.2 Å². The number of aliphatic carboxylic acids is 1. The lowest BCUT2D eigenvalue weighted by molar-refractivity contribution is -0.157. The first kappa shape index (κ1) is 36.9. The Labute approximate surface area is 236 Å². The van der Waals surface area contributed by atoms with Gasteiger partial charge in [-0.1, -0.05) is 117 Å². The van der Waals surface area contributed by atoms with Crippen LogP contribution < -0.4 is 0 Å². The number of rotatable bonds is 27. The normalized spacial score (nSPS) is 12.8. The molecule has 0 aromatic heterocycles. The summed E-state index contributed by atoms with van der Waals surface area (Å²) in [6.07, 6.45) is 19.3. The molecule has 7 nitrogen and oxygen atoms in total. The molecule has 224 valence electrons. The van der Waals surface area contributed by atoms with Crippen molar-refractivity contribution in [3.8, 4) is 0 Å². The molecule has 0 aliphatic rings. The van der Waals surface area contributed by atoms with Gasteiger partial charge in [0.15, 0.2) is 0 Å². The van der Waals surface area contributed by atoms with Crippen LogP contribution in [0.1, 0.15) is 142 Å². The number of aliphatic hydroxyl groups is 2.